The fourth-order valence-corrected chi connectivity index (χ4v) is 3.24. The van der Waals surface area contributed by atoms with Crippen LogP contribution in [0.1, 0.15) is 11.1 Å². The quantitative estimate of drug-likeness (QED) is 0.331. The van der Waals surface area contributed by atoms with Crippen LogP contribution in [0.15, 0.2) is 40.4 Å². The van der Waals surface area contributed by atoms with E-state index in [0.29, 0.717) is 33.0 Å². The van der Waals surface area contributed by atoms with E-state index >= 15 is 0 Å². The number of terminal acetylenes is 1. The summed E-state index contributed by atoms with van der Waals surface area (Å²) in [7, 11) is 4.57. The first-order chi connectivity index (χ1) is 15.0. The molecule has 1 amide bonds. The molecule has 2 aromatic rings. The van der Waals surface area contributed by atoms with Crippen LogP contribution < -0.4 is 24.3 Å². The minimum Gasteiger partial charge on any atom is -0.497 e. The first-order valence-electron chi connectivity index (χ1n) is 9.02. The monoisotopic (exact) mass is 484 g/mol. The van der Waals surface area contributed by atoms with E-state index in [1.54, 1.807) is 37.4 Å². The number of hydrogen-bond acceptors (Lipinski definition) is 6. The molecule has 0 aromatic heterocycles. The summed E-state index contributed by atoms with van der Waals surface area (Å²) in [4.78, 5) is 12.6. The van der Waals surface area contributed by atoms with Gasteiger partial charge >= 0.3 is 0 Å². The standard InChI is InChI=1S/C23H21BrN2O5/c1-5-8-31-22-19(24)10-15(11-21(22)30-4)9-17(13-25)23(27)26-14-16-6-7-18(28-2)12-20(16)29-3/h1,6-7,9-12H,8,14H2,2-4H3,(H,26,27)/b17-9+. The number of amides is 1. The molecule has 0 aliphatic heterocycles. The lowest BCUT2D eigenvalue weighted by atomic mass is 10.1. The number of nitrogens with zero attached hydrogens (tertiary/aromatic N) is 1. The zero-order valence-corrected chi connectivity index (χ0v) is 18.9. The van der Waals surface area contributed by atoms with Crippen LogP contribution in [0, 0.1) is 23.7 Å². The van der Waals surface area contributed by atoms with Crippen molar-refractivity contribution in [1.82, 2.24) is 5.32 Å². The normalized spacial score (nSPS) is 10.5. The highest BCUT2D eigenvalue weighted by Gasteiger charge is 2.14. The molecule has 0 heterocycles. The Kier molecular flexibility index (Phi) is 8.80. The fraction of sp³-hybridized carbons (Fsp3) is 0.217. The molecule has 0 unspecified atom stereocenters. The largest absolute Gasteiger partial charge is 0.497 e. The number of methoxy groups -OCH3 is 3. The van der Waals surface area contributed by atoms with E-state index in [-0.39, 0.29) is 18.7 Å². The average molecular weight is 485 g/mol. The third kappa shape index (κ3) is 6.18. The number of rotatable bonds is 9. The number of carbonyl (C=O) groups excluding carboxylic acids is 1. The van der Waals surface area contributed by atoms with Crippen molar-refractivity contribution in [2.24, 2.45) is 0 Å². The lowest BCUT2D eigenvalue weighted by Gasteiger charge is -2.12. The van der Waals surface area contributed by atoms with Crippen LogP contribution in [-0.4, -0.2) is 33.8 Å². The van der Waals surface area contributed by atoms with E-state index in [0.717, 1.165) is 5.56 Å². The summed E-state index contributed by atoms with van der Waals surface area (Å²) in [5.74, 6) is 3.92. The molecular formula is C23H21BrN2O5. The number of nitrogens with one attached hydrogen (secondary N) is 1. The molecule has 7 nitrogen and oxygen atoms in total. The molecule has 0 spiro atoms. The van der Waals surface area contributed by atoms with Gasteiger partial charge in [-0.2, -0.15) is 5.26 Å². The Bertz CT molecular complexity index is 1070. The maximum atomic E-state index is 12.6. The molecular weight excluding hydrogens is 464 g/mol. The van der Waals surface area contributed by atoms with Crippen molar-refractivity contribution in [3.8, 4) is 41.4 Å². The Labute approximate surface area is 189 Å². The summed E-state index contributed by atoms with van der Waals surface area (Å²) in [6, 6.07) is 10.5. The van der Waals surface area contributed by atoms with Gasteiger partial charge in [0.25, 0.3) is 5.91 Å². The van der Waals surface area contributed by atoms with Gasteiger partial charge in [-0.1, -0.05) is 5.92 Å². The van der Waals surface area contributed by atoms with Crippen LogP contribution in [0.2, 0.25) is 0 Å². The molecule has 1 N–H and O–H groups in total. The first-order valence-corrected chi connectivity index (χ1v) is 9.81. The van der Waals surface area contributed by atoms with Crippen LogP contribution in [0.25, 0.3) is 6.08 Å². The Morgan fingerprint density at radius 1 is 1.16 bits per heavy atom. The summed E-state index contributed by atoms with van der Waals surface area (Å²) in [6.07, 6.45) is 6.69. The molecule has 2 rings (SSSR count). The third-order valence-corrected chi connectivity index (χ3v) is 4.75. The number of benzene rings is 2. The van der Waals surface area contributed by atoms with E-state index in [2.05, 4.69) is 27.2 Å². The zero-order valence-electron chi connectivity index (χ0n) is 17.3. The van der Waals surface area contributed by atoms with Gasteiger partial charge in [0.2, 0.25) is 0 Å². The zero-order chi connectivity index (χ0) is 22.8. The molecule has 0 aliphatic carbocycles. The lowest BCUT2D eigenvalue weighted by molar-refractivity contribution is -0.117. The molecule has 160 valence electrons. The Balaban J connectivity index is 2.22. The highest BCUT2D eigenvalue weighted by atomic mass is 79.9. The maximum Gasteiger partial charge on any atom is 0.262 e. The van der Waals surface area contributed by atoms with Crippen molar-refractivity contribution in [2.45, 2.75) is 6.54 Å². The van der Waals surface area contributed by atoms with Gasteiger partial charge in [0.1, 0.15) is 29.7 Å². The second-order valence-corrected chi connectivity index (χ2v) is 6.91. The predicted octanol–water partition coefficient (Wildman–Crippen LogP) is 3.71. The predicted molar refractivity (Wildman–Crippen MR) is 120 cm³/mol. The summed E-state index contributed by atoms with van der Waals surface area (Å²) in [6.45, 7) is 0.252. The summed E-state index contributed by atoms with van der Waals surface area (Å²) in [5, 5.41) is 12.2. The van der Waals surface area contributed by atoms with E-state index in [1.807, 2.05) is 6.07 Å². The van der Waals surface area contributed by atoms with E-state index in [4.69, 9.17) is 25.4 Å². The van der Waals surface area contributed by atoms with Crippen molar-refractivity contribution >= 4 is 27.9 Å². The van der Waals surface area contributed by atoms with E-state index < -0.39 is 5.91 Å². The van der Waals surface area contributed by atoms with Crippen LogP contribution in [-0.2, 0) is 11.3 Å². The average Bonchev–Trinajstić information content (AvgIpc) is 2.79. The Morgan fingerprint density at radius 2 is 1.90 bits per heavy atom. The minimum absolute atomic E-state index is 0.0706. The molecule has 0 saturated carbocycles. The fourth-order valence-electron chi connectivity index (χ4n) is 2.66. The van der Waals surface area contributed by atoms with Gasteiger partial charge in [-0.15, -0.1) is 6.42 Å². The highest BCUT2D eigenvalue weighted by molar-refractivity contribution is 9.10. The molecule has 0 saturated heterocycles. The van der Waals surface area contributed by atoms with Gasteiger partial charge in [0.15, 0.2) is 11.5 Å². The smallest absolute Gasteiger partial charge is 0.262 e. The van der Waals surface area contributed by atoms with Crippen LogP contribution in [0.4, 0.5) is 0 Å². The molecule has 0 radical (unpaired) electrons. The van der Waals surface area contributed by atoms with Crippen LogP contribution >= 0.6 is 15.9 Å². The summed E-state index contributed by atoms with van der Waals surface area (Å²) in [5.41, 5.74) is 1.25. The highest BCUT2D eigenvalue weighted by Crippen LogP contribution is 2.37. The van der Waals surface area contributed by atoms with E-state index in [1.165, 1.54) is 20.3 Å². The van der Waals surface area contributed by atoms with E-state index in [9.17, 15) is 10.1 Å². The summed E-state index contributed by atoms with van der Waals surface area (Å²) >= 11 is 3.40. The van der Waals surface area contributed by atoms with Crippen LogP contribution in [0.3, 0.4) is 0 Å². The van der Waals surface area contributed by atoms with Gasteiger partial charge in [-0.3, -0.25) is 4.79 Å². The molecule has 31 heavy (non-hydrogen) atoms. The molecule has 0 aliphatic rings. The topological polar surface area (TPSA) is 89.8 Å². The van der Waals surface area contributed by atoms with Crippen molar-refractivity contribution in [3.63, 3.8) is 0 Å². The Hall–Kier alpha value is -3.62. The number of carbonyl (C=O) groups is 1. The maximum absolute atomic E-state index is 12.6. The molecule has 0 fully saturated rings. The van der Waals surface area contributed by atoms with Gasteiger partial charge in [-0.25, -0.2) is 0 Å². The molecule has 0 bridgehead atoms. The van der Waals surface area contributed by atoms with Gasteiger partial charge in [-0.05, 0) is 51.8 Å². The van der Waals surface area contributed by atoms with Crippen molar-refractivity contribution in [1.29, 1.82) is 5.26 Å². The third-order valence-electron chi connectivity index (χ3n) is 4.16. The molecule has 2 aromatic carbocycles. The number of hydrogen-bond donors (Lipinski definition) is 1. The molecule has 8 heteroatoms. The Morgan fingerprint density at radius 3 is 2.52 bits per heavy atom. The van der Waals surface area contributed by atoms with Crippen molar-refractivity contribution < 1.29 is 23.7 Å². The molecule has 0 atom stereocenters. The van der Waals surface area contributed by atoms with Crippen LogP contribution in [0.5, 0.6) is 23.0 Å². The number of nitriles is 1. The second kappa shape index (κ2) is 11.5. The van der Waals surface area contributed by atoms with Crippen molar-refractivity contribution in [3.05, 3.63) is 51.5 Å². The van der Waals surface area contributed by atoms with Gasteiger partial charge in [0.05, 0.1) is 25.8 Å². The lowest BCUT2D eigenvalue weighted by Crippen LogP contribution is -2.24. The van der Waals surface area contributed by atoms with Crippen molar-refractivity contribution in [2.75, 3.05) is 27.9 Å². The van der Waals surface area contributed by atoms with Gasteiger partial charge < -0.3 is 24.3 Å². The second-order valence-electron chi connectivity index (χ2n) is 6.06. The first kappa shape index (κ1) is 23.7. The number of ether oxygens (including phenoxy) is 4. The number of halogens is 1. The van der Waals surface area contributed by atoms with Gasteiger partial charge in [0, 0.05) is 18.2 Å². The SMILES string of the molecule is C#CCOc1c(Br)cc(/C=C(\C#N)C(=O)NCc2ccc(OC)cc2OC)cc1OC. The summed E-state index contributed by atoms with van der Waals surface area (Å²) < 4.78 is 21.9. The minimum atomic E-state index is -0.525.